The average molecular weight is 790 g/mol. The monoisotopic (exact) mass is 789 g/mol. The average Bonchev–Trinajstić information content (AvgIpc) is 3.75. The molecule has 12 rings (SSSR count). The highest BCUT2D eigenvalue weighted by molar-refractivity contribution is 6.20. The highest BCUT2D eigenvalue weighted by Gasteiger charge is 2.25. The summed E-state index contributed by atoms with van der Waals surface area (Å²) < 4.78 is 6.98. The minimum Gasteiger partial charge on any atom is -0.455 e. The SMILES string of the molecule is c1ccc(-c2ccc(-c3cccc(N(c4ccccc4-c4cc5ccccc5c5ccccc45)c4ccc(-c5cccc6ccccc56)c5oc6ccccc6c45)c3)cc2)cc1. The van der Waals surface area contributed by atoms with E-state index in [9.17, 15) is 0 Å². The second-order valence-electron chi connectivity index (χ2n) is 16.0. The van der Waals surface area contributed by atoms with Crippen molar-refractivity contribution in [3.05, 3.63) is 237 Å². The second-order valence-corrected chi connectivity index (χ2v) is 16.0. The van der Waals surface area contributed by atoms with E-state index in [4.69, 9.17) is 4.42 Å². The summed E-state index contributed by atoms with van der Waals surface area (Å²) in [5, 5.41) is 9.47. The molecular weight excluding hydrogens is 751 g/mol. The molecule has 0 bridgehead atoms. The highest BCUT2D eigenvalue weighted by atomic mass is 16.3. The molecule has 0 saturated heterocycles. The van der Waals surface area contributed by atoms with Gasteiger partial charge in [-0.1, -0.05) is 194 Å². The Morgan fingerprint density at radius 3 is 1.71 bits per heavy atom. The predicted octanol–water partition coefficient (Wildman–Crippen LogP) is 17.2. The van der Waals surface area contributed by atoms with Gasteiger partial charge < -0.3 is 9.32 Å². The van der Waals surface area contributed by atoms with E-state index in [1.807, 2.05) is 0 Å². The number of furan rings is 1. The van der Waals surface area contributed by atoms with Gasteiger partial charge in [-0.3, -0.25) is 0 Å². The van der Waals surface area contributed by atoms with E-state index >= 15 is 0 Å². The molecule has 0 aliphatic rings. The van der Waals surface area contributed by atoms with Gasteiger partial charge in [-0.2, -0.15) is 0 Å². The fourth-order valence-electron chi connectivity index (χ4n) is 9.56. The maximum Gasteiger partial charge on any atom is 0.145 e. The van der Waals surface area contributed by atoms with Gasteiger partial charge in [-0.05, 0) is 108 Å². The minimum atomic E-state index is 0.859. The van der Waals surface area contributed by atoms with Crippen molar-refractivity contribution in [3.63, 3.8) is 0 Å². The molecule has 0 radical (unpaired) electrons. The Labute approximate surface area is 360 Å². The first-order valence-electron chi connectivity index (χ1n) is 21.3. The van der Waals surface area contributed by atoms with E-state index < -0.39 is 0 Å². The number of nitrogens with zero attached hydrogens (tertiary/aromatic N) is 1. The zero-order chi connectivity index (χ0) is 41.0. The van der Waals surface area contributed by atoms with Gasteiger partial charge in [0.15, 0.2) is 0 Å². The van der Waals surface area contributed by atoms with Gasteiger partial charge in [0.05, 0.1) is 16.8 Å². The van der Waals surface area contributed by atoms with Crippen molar-refractivity contribution in [1.29, 1.82) is 0 Å². The number of fused-ring (bicyclic) bond motifs is 7. The third kappa shape index (κ3) is 5.96. The second kappa shape index (κ2) is 14.8. The van der Waals surface area contributed by atoms with Crippen molar-refractivity contribution in [3.8, 4) is 44.5 Å². The molecule has 0 aliphatic heterocycles. The van der Waals surface area contributed by atoms with E-state index in [0.29, 0.717) is 0 Å². The largest absolute Gasteiger partial charge is 0.455 e. The standard InChI is InChI=1S/C60H39NO/c1-2-16-40(17-3-1)41-32-34-42(35-33-41)44-21-14-22-46(38-44)61(56-30-12-10-27-52(56)55-39-45-19-5-7-24-48(45)49-25-8-9-26-51(49)55)57-37-36-53(50-29-15-20-43-18-4-6-23-47(43)50)60-59(57)54-28-11-13-31-58(54)62-60/h1-39H. The third-order valence-corrected chi connectivity index (χ3v) is 12.5. The smallest absolute Gasteiger partial charge is 0.145 e. The fraction of sp³-hybridized carbons (Fsp3) is 0. The van der Waals surface area contributed by atoms with Crippen LogP contribution in [0, 0.1) is 0 Å². The predicted molar refractivity (Wildman–Crippen MR) is 263 cm³/mol. The zero-order valence-electron chi connectivity index (χ0n) is 33.9. The minimum absolute atomic E-state index is 0.859. The van der Waals surface area contributed by atoms with Crippen molar-refractivity contribution in [1.82, 2.24) is 0 Å². The van der Waals surface area contributed by atoms with Crippen LogP contribution >= 0.6 is 0 Å². The Morgan fingerprint density at radius 1 is 0.290 bits per heavy atom. The van der Waals surface area contributed by atoms with Crippen LogP contribution in [0.25, 0.3) is 98.8 Å². The lowest BCUT2D eigenvalue weighted by molar-refractivity contribution is 0.670. The van der Waals surface area contributed by atoms with Crippen LogP contribution in [0.1, 0.15) is 0 Å². The topological polar surface area (TPSA) is 16.4 Å². The molecular formula is C60H39NO. The summed E-state index contributed by atoms with van der Waals surface area (Å²) in [5.74, 6) is 0. The van der Waals surface area contributed by atoms with Gasteiger partial charge in [0.2, 0.25) is 0 Å². The maximum atomic E-state index is 6.98. The summed E-state index contributed by atoms with van der Waals surface area (Å²) >= 11 is 0. The molecule has 0 saturated carbocycles. The van der Waals surface area contributed by atoms with Crippen LogP contribution < -0.4 is 4.90 Å². The van der Waals surface area contributed by atoms with Crippen molar-refractivity contribution < 1.29 is 4.42 Å². The summed E-state index contributed by atoms with van der Waals surface area (Å²) in [6.45, 7) is 0. The molecule has 0 spiro atoms. The molecule has 2 heteroatoms. The molecule has 1 aromatic heterocycles. The molecule has 0 fully saturated rings. The lowest BCUT2D eigenvalue weighted by Gasteiger charge is -2.29. The number of benzene rings is 11. The van der Waals surface area contributed by atoms with E-state index in [1.54, 1.807) is 0 Å². The molecule has 290 valence electrons. The summed E-state index contributed by atoms with van der Waals surface area (Å²) in [4.78, 5) is 2.46. The van der Waals surface area contributed by atoms with Gasteiger partial charge in [0.1, 0.15) is 11.2 Å². The molecule has 0 atom stereocenters. The molecule has 0 amide bonds. The normalized spacial score (nSPS) is 11.5. The number of para-hydroxylation sites is 2. The van der Waals surface area contributed by atoms with Crippen LogP contribution in [0.5, 0.6) is 0 Å². The lowest BCUT2D eigenvalue weighted by atomic mass is 9.91. The summed E-state index contributed by atoms with van der Waals surface area (Å²) in [5.41, 5.74) is 14.2. The Morgan fingerprint density at radius 2 is 0.871 bits per heavy atom. The lowest BCUT2D eigenvalue weighted by Crippen LogP contribution is -2.12. The van der Waals surface area contributed by atoms with E-state index in [2.05, 4.69) is 241 Å². The summed E-state index contributed by atoms with van der Waals surface area (Å²) in [6, 6.07) is 85.4. The first-order chi connectivity index (χ1) is 30.8. The van der Waals surface area contributed by atoms with Crippen LogP contribution in [-0.4, -0.2) is 0 Å². The molecule has 0 N–H and O–H groups in total. The van der Waals surface area contributed by atoms with Crippen LogP contribution in [0.15, 0.2) is 241 Å². The van der Waals surface area contributed by atoms with Crippen LogP contribution in [0.4, 0.5) is 17.1 Å². The first kappa shape index (κ1) is 35.7. The summed E-state index contributed by atoms with van der Waals surface area (Å²) in [7, 11) is 0. The third-order valence-electron chi connectivity index (χ3n) is 12.5. The molecule has 1 heterocycles. The number of hydrogen-bond donors (Lipinski definition) is 0. The van der Waals surface area contributed by atoms with Crippen molar-refractivity contribution in [2.75, 3.05) is 4.90 Å². The maximum absolute atomic E-state index is 6.98. The molecule has 0 unspecified atom stereocenters. The number of anilines is 3. The van der Waals surface area contributed by atoms with Crippen LogP contribution in [-0.2, 0) is 0 Å². The molecule has 62 heavy (non-hydrogen) atoms. The van der Waals surface area contributed by atoms with Gasteiger partial charge in [-0.25, -0.2) is 0 Å². The summed E-state index contributed by atoms with van der Waals surface area (Å²) in [6.07, 6.45) is 0. The van der Waals surface area contributed by atoms with Gasteiger partial charge >= 0.3 is 0 Å². The van der Waals surface area contributed by atoms with Crippen molar-refractivity contribution in [2.45, 2.75) is 0 Å². The van der Waals surface area contributed by atoms with Crippen LogP contribution in [0.2, 0.25) is 0 Å². The van der Waals surface area contributed by atoms with E-state index in [0.717, 1.165) is 66.8 Å². The molecule has 12 aromatic rings. The van der Waals surface area contributed by atoms with Crippen molar-refractivity contribution >= 4 is 71.3 Å². The Hall–Kier alpha value is -8.20. The molecule has 0 aliphatic carbocycles. The quantitative estimate of drug-likeness (QED) is 0.150. The molecule has 2 nitrogen and oxygen atoms in total. The number of rotatable bonds is 7. The number of hydrogen-bond acceptors (Lipinski definition) is 2. The Bertz CT molecular complexity index is 3630. The van der Waals surface area contributed by atoms with E-state index in [1.165, 1.54) is 49.0 Å². The highest BCUT2D eigenvalue weighted by Crippen LogP contribution is 2.50. The van der Waals surface area contributed by atoms with E-state index in [-0.39, 0.29) is 0 Å². The first-order valence-corrected chi connectivity index (χ1v) is 21.3. The van der Waals surface area contributed by atoms with Gasteiger partial charge in [0.25, 0.3) is 0 Å². The van der Waals surface area contributed by atoms with Crippen molar-refractivity contribution in [2.24, 2.45) is 0 Å². The van der Waals surface area contributed by atoms with Crippen LogP contribution in [0.3, 0.4) is 0 Å². The Kier molecular flexibility index (Phi) is 8.53. The van der Waals surface area contributed by atoms with Gasteiger partial charge in [0, 0.05) is 22.2 Å². The van der Waals surface area contributed by atoms with Gasteiger partial charge in [-0.15, -0.1) is 0 Å². The fourth-order valence-corrected chi connectivity index (χ4v) is 9.56. The molecule has 11 aromatic carbocycles. The Balaban J connectivity index is 1.13. The zero-order valence-corrected chi connectivity index (χ0v) is 33.9.